The summed E-state index contributed by atoms with van der Waals surface area (Å²) in [5, 5.41) is 71.8. The minimum atomic E-state index is -1.66. The van der Waals surface area contributed by atoms with Gasteiger partial charge in [-0.15, -0.1) is 5.26 Å². The van der Waals surface area contributed by atoms with Crippen LogP contribution in [0.25, 0.3) is 0 Å². The van der Waals surface area contributed by atoms with Gasteiger partial charge in [-0.3, -0.25) is 4.79 Å². The van der Waals surface area contributed by atoms with Crippen LogP contribution in [0.15, 0.2) is 0 Å². The number of amides is 1. The van der Waals surface area contributed by atoms with Gasteiger partial charge in [0, 0.05) is 6.92 Å². The lowest BCUT2D eigenvalue weighted by atomic mass is 9.95. The van der Waals surface area contributed by atoms with Crippen molar-refractivity contribution in [2.45, 2.75) is 68.3 Å². The molecule has 0 aromatic carbocycles. The number of nitrogens with one attached hydrogen (secondary N) is 1. The van der Waals surface area contributed by atoms with Crippen LogP contribution in [0.3, 0.4) is 0 Å². The van der Waals surface area contributed by atoms with E-state index in [0.29, 0.717) is 0 Å². The van der Waals surface area contributed by atoms with Gasteiger partial charge in [0.25, 0.3) is 6.10 Å². The Kier molecular flexibility index (Phi) is 8.06. The Labute approximate surface area is 160 Å². The smallest absolute Gasteiger partial charge is 0.253 e. The van der Waals surface area contributed by atoms with E-state index >= 15 is 0 Å². The van der Waals surface area contributed by atoms with Gasteiger partial charge in [-0.25, -0.2) is 4.52 Å². The molecule has 1 amide bonds. The van der Waals surface area contributed by atoms with Gasteiger partial charge in [0.1, 0.15) is 30.5 Å². The first-order chi connectivity index (χ1) is 13.1. The maximum Gasteiger partial charge on any atom is 0.253 e. The molecular weight excluding hydrogens is 386 g/mol. The van der Waals surface area contributed by atoms with Crippen LogP contribution in [0.1, 0.15) is 6.92 Å². The van der Waals surface area contributed by atoms with E-state index in [4.69, 9.17) is 14.2 Å². The van der Waals surface area contributed by atoms with Crippen molar-refractivity contribution < 1.29 is 59.4 Å². The molecule has 13 heteroatoms. The van der Waals surface area contributed by atoms with Crippen LogP contribution in [-0.2, 0) is 23.5 Å². The van der Waals surface area contributed by atoms with E-state index in [1.807, 2.05) is 0 Å². The molecule has 0 saturated carbocycles. The average Bonchev–Trinajstić information content (AvgIpc) is 2.62. The van der Waals surface area contributed by atoms with E-state index in [9.17, 15) is 40.7 Å². The summed E-state index contributed by atoms with van der Waals surface area (Å²) in [6.07, 6.45) is -13.2. The lowest BCUT2D eigenvalue weighted by Gasteiger charge is -2.46. The minimum absolute atomic E-state index is 0.566. The molecular formula is C15H28NO12+. The maximum absolute atomic E-state index is 11.3. The molecule has 10 atom stereocenters. The molecule has 0 aromatic heterocycles. The van der Waals surface area contributed by atoms with E-state index in [1.54, 1.807) is 0 Å². The Morgan fingerprint density at radius 3 is 2.14 bits per heavy atom. The van der Waals surface area contributed by atoms with E-state index in [0.717, 1.165) is 14.0 Å². The Balaban J connectivity index is 2.22. The summed E-state index contributed by atoms with van der Waals surface area (Å²) in [5.74, 6) is -0.566. The molecule has 8 N–H and O–H groups in total. The van der Waals surface area contributed by atoms with Gasteiger partial charge in [-0.2, -0.15) is 0 Å². The molecule has 13 nitrogen and oxygen atoms in total. The van der Waals surface area contributed by atoms with E-state index in [2.05, 4.69) is 5.32 Å². The van der Waals surface area contributed by atoms with Gasteiger partial charge in [0.15, 0.2) is 31.9 Å². The van der Waals surface area contributed by atoms with Crippen molar-refractivity contribution in [3.63, 3.8) is 0 Å². The Morgan fingerprint density at radius 2 is 1.64 bits per heavy atom. The summed E-state index contributed by atoms with van der Waals surface area (Å²) in [6.45, 7) is -0.189. The fraction of sp³-hybridized carbons (Fsp3) is 0.933. The van der Waals surface area contributed by atoms with Crippen molar-refractivity contribution in [1.82, 2.24) is 5.32 Å². The molecule has 0 spiro atoms. The molecule has 0 aromatic rings. The first kappa shape index (κ1) is 23.3. The van der Waals surface area contributed by atoms with Crippen LogP contribution >= 0.6 is 0 Å². The molecule has 164 valence electrons. The second-order valence-corrected chi connectivity index (χ2v) is 6.76. The third-order valence-electron chi connectivity index (χ3n) is 4.75. The SMILES string of the molecule is CC(=O)N[C@@H]1[C@@H](O)[C@H](O[C@@H]2O[C@H](CO)[C@H](O)[C@H]([O+](C)O)[C@H]2O)[C@@H](CO)O[C@H]1O. The molecule has 0 bridgehead atoms. The third kappa shape index (κ3) is 4.77. The van der Waals surface area contributed by atoms with Crippen molar-refractivity contribution in [3.8, 4) is 0 Å². The van der Waals surface area contributed by atoms with E-state index in [-0.39, 0.29) is 0 Å². The van der Waals surface area contributed by atoms with Crippen LogP contribution in [0.5, 0.6) is 0 Å². The number of hydrogen-bond acceptors (Lipinski definition) is 11. The lowest BCUT2D eigenvalue weighted by molar-refractivity contribution is -0.484. The number of carbonyl (C=O) groups is 1. The molecule has 2 rings (SSSR count). The molecule has 2 fully saturated rings. The van der Waals surface area contributed by atoms with Crippen LogP contribution in [0.2, 0.25) is 0 Å². The largest absolute Gasteiger partial charge is 0.394 e. The Hall–Kier alpha value is -0.970. The summed E-state index contributed by atoms with van der Waals surface area (Å²) in [5.41, 5.74) is 0. The molecule has 0 unspecified atom stereocenters. The van der Waals surface area contributed by atoms with Crippen molar-refractivity contribution in [2.75, 3.05) is 20.3 Å². The topological polar surface area (TPSA) is 201 Å². The zero-order valence-corrected chi connectivity index (χ0v) is 15.4. The number of hydrogen-bond donors (Lipinski definition) is 8. The highest BCUT2D eigenvalue weighted by molar-refractivity contribution is 5.73. The predicted octanol–water partition coefficient (Wildman–Crippen LogP) is -4.59. The zero-order valence-electron chi connectivity index (χ0n) is 15.4. The summed E-state index contributed by atoms with van der Waals surface area (Å²) in [7, 11) is 1.09. The van der Waals surface area contributed by atoms with Gasteiger partial charge < -0.3 is 50.2 Å². The Morgan fingerprint density at radius 1 is 1.04 bits per heavy atom. The highest BCUT2D eigenvalue weighted by atomic mass is 17.2. The molecule has 2 aliphatic heterocycles. The standard InChI is InChI=1S/C15H27NO12/c1-5(19)16-8-10(21)12(7(4-18)25-14(8)23)27-15-11(22)13(28(2)24)9(20)6(3-17)26-15/h6-15,17-18,20-24H,3-4H2,1-2H3/p+1/t6-,7-,8-,9+,10-,11-,12-,13+,14-,15+/m1/s1. The molecule has 2 heterocycles. The fourth-order valence-corrected chi connectivity index (χ4v) is 3.36. The maximum atomic E-state index is 11.3. The monoisotopic (exact) mass is 414 g/mol. The lowest BCUT2D eigenvalue weighted by Crippen LogP contribution is -2.67. The van der Waals surface area contributed by atoms with Crippen molar-refractivity contribution >= 4 is 5.91 Å². The number of carbonyl (C=O) groups excluding carboxylic acids is 1. The van der Waals surface area contributed by atoms with Gasteiger partial charge in [-0.1, -0.05) is 0 Å². The van der Waals surface area contributed by atoms with Crippen LogP contribution in [-0.4, -0.2) is 123 Å². The van der Waals surface area contributed by atoms with Crippen molar-refractivity contribution in [2.24, 2.45) is 0 Å². The summed E-state index contributed by atoms with van der Waals surface area (Å²) in [4.78, 5) is 11.3. The van der Waals surface area contributed by atoms with Crippen LogP contribution in [0.4, 0.5) is 0 Å². The van der Waals surface area contributed by atoms with Gasteiger partial charge in [-0.05, 0) is 0 Å². The molecule has 2 aliphatic rings. The Bertz CT molecular complexity index is 521. The molecule has 28 heavy (non-hydrogen) atoms. The van der Waals surface area contributed by atoms with E-state index < -0.39 is 80.5 Å². The second-order valence-electron chi connectivity index (χ2n) is 6.76. The minimum Gasteiger partial charge on any atom is -0.394 e. The quantitative estimate of drug-likeness (QED) is 0.118. The van der Waals surface area contributed by atoms with Crippen molar-refractivity contribution in [1.29, 1.82) is 0 Å². The number of ether oxygens (including phenoxy) is 3. The highest BCUT2D eigenvalue weighted by Gasteiger charge is 2.54. The summed E-state index contributed by atoms with van der Waals surface area (Å²) >= 11 is 0. The summed E-state index contributed by atoms with van der Waals surface area (Å²) < 4.78 is 17.4. The highest BCUT2D eigenvalue weighted by Crippen LogP contribution is 2.30. The number of aliphatic hydroxyl groups excluding tert-OH is 6. The fourth-order valence-electron chi connectivity index (χ4n) is 3.36. The number of aliphatic hydroxyl groups is 6. The molecule has 2 saturated heterocycles. The molecule has 0 radical (unpaired) electrons. The van der Waals surface area contributed by atoms with Crippen LogP contribution in [0, 0.1) is 0 Å². The van der Waals surface area contributed by atoms with E-state index in [1.165, 1.54) is 4.52 Å². The second kappa shape index (κ2) is 9.69. The number of rotatable bonds is 6. The van der Waals surface area contributed by atoms with Gasteiger partial charge in [0.05, 0.1) is 13.2 Å². The van der Waals surface area contributed by atoms with Crippen LogP contribution < -0.4 is 5.32 Å². The first-order valence-corrected chi connectivity index (χ1v) is 8.63. The zero-order chi connectivity index (χ0) is 21.2. The summed E-state index contributed by atoms with van der Waals surface area (Å²) in [6, 6.07) is -1.30. The predicted molar refractivity (Wildman–Crippen MR) is 87.6 cm³/mol. The average molecular weight is 414 g/mol. The van der Waals surface area contributed by atoms with Gasteiger partial charge in [0.2, 0.25) is 5.91 Å². The van der Waals surface area contributed by atoms with Crippen molar-refractivity contribution in [3.05, 3.63) is 0 Å². The van der Waals surface area contributed by atoms with Gasteiger partial charge >= 0.3 is 0 Å². The normalized spacial score (nSPS) is 44.5. The molecule has 0 aliphatic carbocycles. The third-order valence-corrected chi connectivity index (χ3v) is 4.75. The first-order valence-electron chi connectivity index (χ1n) is 8.63.